The van der Waals surface area contributed by atoms with E-state index in [1.165, 1.54) is 6.20 Å². The lowest BCUT2D eigenvalue weighted by Gasteiger charge is -2.10. The van der Waals surface area contributed by atoms with E-state index in [-0.39, 0.29) is 0 Å². The van der Waals surface area contributed by atoms with Gasteiger partial charge in [-0.25, -0.2) is 4.98 Å². The average molecular weight is 317 g/mol. The fourth-order valence-corrected chi connectivity index (χ4v) is 2.70. The number of carbonyl (C=O) groups excluding carboxylic acids is 1. The van der Waals surface area contributed by atoms with E-state index in [0.29, 0.717) is 29.2 Å². The molecule has 0 amide bonds. The van der Waals surface area contributed by atoms with E-state index in [4.69, 9.17) is 5.26 Å². The van der Waals surface area contributed by atoms with E-state index in [1.807, 2.05) is 24.3 Å². The van der Waals surface area contributed by atoms with Crippen molar-refractivity contribution < 1.29 is 4.79 Å². The summed E-state index contributed by atoms with van der Waals surface area (Å²) >= 11 is 0. The number of carbonyl (C=O) groups is 1. The van der Waals surface area contributed by atoms with E-state index in [2.05, 4.69) is 21.5 Å². The Bertz CT molecular complexity index is 965. The van der Waals surface area contributed by atoms with Gasteiger partial charge >= 0.3 is 0 Å². The zero-order chi connectivity index (χ0) is 16.5. The zero-order valence-corrected chi connectivity index (χ0v) is 12.9. The molecule has 1 aliphatic carbocycles. The highest BCUT2D eigenvalue weighted by Gasteiger charge is 2.23. The van der Waals surface area contributed by atoms with Gasteiger partial charge in [0.25, 0.3) is 0 Å². The Morgan fingerprint density at radius 1 is 1.38 bits per heavy atom. The Morgan fingerprint density at radius 2 is 2.25 bits per heavy atom. The fourth-order valence-electron chi connectivity index (χ4n) is 2.70. The Hall–Kier alpha value is -3.20. The van der Waals surface area contributed by atoms with Crippen LogP contribution in [0.15, 0.2) is 36.5 Å². The van der Waals surface area contributed by atoms with Crippen LogP contribution in [0.4, 0.5) is 5.82 Å². The lowest BCUT2D eigenvalue weighted by atomic mass is 10.1. The Labute approximate surface area is 138 Å². The molecule has 0 aliphatic heterocycles. The highest BCUT2D eigenvalue weighted by Crippen LogP contribution is 2.26. The van der Waals surface area contributed by atoms with Crippen molar-refractivity contribution in [2.45, 2.75) is 25.3 Å². The van der Waals surface area contributed by atoms with Crippen LogP contribution in [0.25, 0.3) is 5.65 Å². The summed E-state index contributed by atoms with van der Waals surface area (Å²) in [5.41, 5.74) is 3.51. The molecule has 3 aromatic rings. The summed E-state index contributed by atoms with van der Waals surface area (Å²) in [7, 11) is 0. The number of hydrogen-bond acceptors (Lipinski definition) is 5. The van der Waals surface area contributed by atoms with Crippen molar-refractivity contribution in [1.29, 1.82) is 5.26 Å². The van der Waals surface area contributed by atoms with Crippen LogP contribution in [-0.2, 0) is 6.42 Å². The first-order valence-corrected chi connectivity index (χ1v) is 7.85. The minimum atomic E-state index is 0.467. The first-order chi connectivity index (χ1) is 11.8. The standard InChI is InChI=1S/C18H15N5O/c19-9-13-3-1-2-12(6-13)7-16-8-17(21-15-4-5-15)23-18(22-16)14(11-24)10-20-23/h1-3,6,8,10-11,15,21H,4-5,7H2. The maximum absolute atomic E-state index is 11.2. The number of benzene rings is 1. The van der Waals surface area contributed by atoms with Crippen molar-refractivity contribution in [1.82, 2.24) is 14.6 Å². The molecule has 1 fully saturated rings. The van der Waals surface area contributed by atoms with E-state index in [1.54, 1.807) is 10.6 Å². The van der Waals surface area contributed by atoms with E-state index < -0.39 is 0 Å². The summed E-state index contributed by atoms with van der Waals surface area (Å²) in [5, 5.41) is 16.7. The summed E-state index contributed by atoms with van der Waals surface area (Å²) in [4.78, 5) is 15.8. The van der Waals surface area contributed by atoms with Gasteiger partial charge in [0.05, 0.1) is 29.1 Å². The Morgan fingerprint density at radius 3 is 3.00 bits per heavy atom. The molecule has 1 saturated carbocycles. The molecule has 0 unspecified atom stereocenters. The molecular weight excluding hydrogens is 302 g/mol. The van der Waals surface area contributed by atoms with Gasteiger partial charge < -0.3 is 5.32 Å². The van der Waals surface area contributed by atoms with Crippen molar-refractivity contribution in [2.75, 3.05) is 5.32 Å². The maximum atomic E-state index is 11.2. The van der Waals surface area contributed by atoms with Crippen LogP contribution < -0.4 is 5.32 Å². The number of nitrogens with zero attached hydrogens (tertiary/aromatic N) is 4. The molecule has 2 heterocycles. The van der Waals surface area contributed by atoms with Crippen LogP contribution in [0, 0.1) is 11.3 Å². The van der Waals surface area contributed by atoms with E-state index in [9.17, 15) is 4.79 Å². The van der Waals surface area contributed by atoms with E-state index >= 15 is 0 Å². The molecule has 4 rings (SSSR count). The first-order valence-electron chi connectivity index (χ1n) is 7.85. The number of rotatable bonds is 5. The summed E-state index contributed by atoms with van der Waals surface area (Å²) in [6.45, 7) is 0. The average Bonchev–Trinajstić information content (AvgIpc) is 3.32. The van der Waals surface area contributed by atoms with Crippen LogP contribution in [0.3, 0.4) is 0 Å². The second-order valence-corrected chi connectivity index (χ2v) is 5.99. The molecule has 0 radical (unpaired) electrons. The molecule has 24 heavy (non-hydrogen) atoms. The number of hydrogen-bond donors (Lipinski definition) is 1. The molecule has 6 heteroatoms. The number of aromatic nitrogens is 3. The normalized spacial score (nSPS) is 13.6. The lowest BCUT2D eigenvalue weighted by molar-refractivity contribution is 0.112. The van der Waals surface area contributed by atoms with Crippen LogP contribution >= 0.6 is 0 Å². The van der Waals surface area contributed by atoms with Crippen molar-refractivity contribution >= 4 is 17.8 Å². The molecular formula is C18H15N5O. The van der Waals surface area contributed by atoms with Gasteiger partial charge in [-0.3, -0.25) is 4.79 Å². The molecule has 0 saturated heterocycles. The van der Waals surface area contributed by atoms with Gasteiger partial charge in [0, 0.05) is 18.5 Å². The van der Waals surface area contributed by atoms with Crippen LogP contribution in [-0.4, -0.2) is 26.9 Å². The zero-order valence-electron chi connectivity index (χ0n) is 12.9. The largest absolute Gasteiger partial charge is 0.367 e. The van der Waals surface area contributed by atoms with Gasteiger partial charge in [-0.15, -0.1) is 0 Å². The molecule has 0 spiro atoms. The fraction of sp³-hybridized carbons (Fsp3) is 0.222. The molecule has 118 valence electrons. The number of fused-ring (bicyclic) bond motifs is 1. The minimum absolute atomic E-state index is 0.467. The smallest absolute Gasteiger partial charge is 0.168 e. The number of nitrogens with one attached hydrogen (secondary N) is 1. The molecule has 2 aromatic heterocycles. The van der Waals surface area contributed by atoms with Gasteiger partial charge in [0.1, 0.15) is 5.82 Å². The molecule has 1 aliphatic rings. The predicted molar refractivity (Wildman–Crippen MR) is 89.0 cm³/mol. The predicted octanol–water partition coefficient (Wildman–Crippen LogP) is 2.58. The molecule has 1 aromatic carbocycles. The van der Waals surface area contributed by atoms with Crippen LogP contribution in [0.5, 0.6) is 0 Å². The van der Waals surface area contributed by atoms with Gasteiger partial charge in [-0.2, -0.15) is 14.9 Å². The molecule has 6 nitrogen and oxygen atoms in total. The number of nitriles is 1. The topological polar surface area (TPSA) is 83.1 Å². The Kier molecular flexibility index (Phi) is 3.47. The second-order valence-electron chi connectivity index (χ2n) is 5.99. The highest BCUT2D eigenvalue weighted by atomic mass is 16.1. The minimum Gasteiger partial charge on any atom is -0.367 e. The third-order valence-electron chi connectivity index (χ3n) is 4.05. The summed E-state index contributed by atoms with van der Waals surface area (Å²) in [6.07, 6.45) is 5.19. The third kappa shape index (κ3) is 2.72. The quantitative estimate of drug-likeness (QED) is 0.731. The third-order valence-corrected chi connectivity index (χ3v) is 4.05. The van der Waals surface area contributed by atoms with Crippen molar-refractivity contribution in [2.24, 2.45) is 0 Å². The first kappa shape index (κ1) is 14.4. The lowest BCUT2D eigenvalue weighted by Crippen LogP contribution is -2.09. The monoisotopic (exact) mass is 317 g/mol. The molecule has 0 bridgehead atoms. The van der Waals surface area contributed by atoms with Gasteiger partial charge in [0.2, 0.25) is 0 Å². The highest BCUT2D eigenvalue weighted by molar-refractivity contribution is 5.84. The summed E-state index contributed by atoms with van der Waals surface area (Å²) < 4.78 is 1.68. The van der Waals surface area contributed by atoms with Gasteiger partial charge in [-0.1, -0.05) is 12.1 Å². The van der Waals surface area contributed by atoms with Gasteiger partial charge in [0.15, 0.2) is 11.9 Å². The SMILES string of the molecule is N#Cc1cccc(Cc2cc(NC3CC3)n3ncc(C=O)c3n2)c1. The number of aldehydes is 1. The number of anilines is 1. The maximum Gasteiger partial charge on any atom is 0.168 e. The van der Waals surface area contributed by atoms with E-state index in [0.717, 1.165) is 36.2 Å². The molecule has 1 N–H and O–H groups in total. The van der Waals surface area contributed by atoms with Crippen molar-refractivity contribution in [3.05, 3.63) is 58.9 Å². The molecule has 0 atom stereocenters. The second kappa shape index (κ2) is 5.78. The van der Waals surface area contributed by atoms with Crippen LogP contribution in [0.1, 0.15) is 40.0 Å². The van der Waals surface area contributed by atoms with Crippen molar-refractivity contribution in [3.8, 4) is 6.07 Å². The van der Waals surface area contributed by atoms with Crippen molar-refractivity contribution in [3.63, 3.8) is 0 Å². The Balaban J connectivity index is 1.76. The van der Waals surface area contributed by atoms with Crippen LogP contribution in [0.2, 0.25) is 0 Å². The van der Waals surface area contributed by atoms with Gasteiger partial charge in [-0.05, 0) is 30.5 Å². The summed E-state index contributed by atoms with van der Waals surface area (Å²) in [5.74, 6) is 0.849. The summed E-state index contributed by atoms with van der Waals surface area (Å²) in [6, 6.07) is 12.1.